The summed E-state index contributed by atoms with van der Waals surface area (Å²) in [4.78, 5) is 31.5. The number of hydrogen-bond acceptors (Lipinski definition) is 5. The van der Waals surface area contributed by atoms with Crippen LogP contribution in [0, 0.1) is 12.8 Å². The van der Waals surface area contributed by atoms with E-state index in [1.165, 1.54) is 12.8 Å². The van der Waals surface area contributed by atoms with Gasteiger partial charge in [-0.2, -0.15) is 4.98 Å². The van der Waals surface area contributed by atoms with E-state index < -0.39 is 0 Å². The highest BCUT2D eigenvalue weighted by Crippen LogP contribution is 2.32. The quantitative estimate of drug-likeness (QED) is 0.790. The first-order valence-corrected chi connectivity index (χ1v) is 11.1. The maximum Gasteiger partial charge on any atom is 0.253 e. The van der Waals surface area contributed by atoms with Gasteiger partial charge in [-0.05, 0) is 44.7 Å². The summed E-state index contributed by atoms with van der Waals surface area (Å²) in [5.41, 5.74) is 1.85. The molecule has 0 spiro atoms. The molecule has 2 amide bonds. The Morgan fingerprint density at radius 3 is 2.50 bits per heavy atom. The largest absolute Gasteiger partial charge is 0.355 e. The lowest BCUT2D eigenvalue weighted by molar-refractivity contribution is -0.126. The van der Waals surface area contributed by atoms with Gasteiger partial charge in [-0.1, -0.05) is 35.7 Å². The van der Waals surface area contributed by atoms with Crippen molar-refractivity contribution >= 4 is 11.8 Å². The molecule has 1 N–H and O–H groups in total. The van der Waals surface area contributed by atoms with E-state index in [1.807, 2.05) is 36.1 Å². The molecule has 0 radical (unpaired) electrons. The van der Waals surface area contributed by atoms with Gasteiger partial charge in [0.25, 0.3) is 5.91 Å². The van der Waals surface area contributed by atoms with E-state index in [0.717, 1.165) is 24.3 Å². The van der Waals surface area contributed by atoms with Gasteiger partial charge in [-0.15, -0.1) is 0 Å². The average molecular weight is 411 g/mol. The van der Waals surface area contributed by atoms with Crippen molar-refractivity contribution < 1.29 is 14.1 Å². The fourth-order valence-electron chi connectivity index (χ4n) is 4.37. The molecule has 30 heavy (non-hydrogen) atoms. The molecular weight excluding hydrogens is 380 g/mol. The van der Waals surface area contributed by atoms with E-state index >= 15 is 0 Å². The topological polar surface area (TPSA) is 88.3 Å². The molecule has 2 fully saturated rings. The number of amides is 2. The van der Waals surface area contributed by atoms with Gasteiger partial charge >= 0.3 is 0 Å². The number of aryl methyl sites for hydroxylation is 1. The maximum absolute atomic E-state index is 12.6. The predicted octanol–water partition coefficient (Wildman–Crippen LogP) is 3.25. The van der Waals surface area contributed by atoms with Crippen LogP contribution >= 0.6 is 0 Å². The fraction of sp³-hybridized carbons (Fsp3) is 0.565. The van der Waals surface area contributed by atoms with Crippen molar-refractivity contribution in [3.63, 3.8) is 0 Å². The summed E-state index contributed by atoms with van der Waals surface area (Å²) >= 11 is 0. The highest BCUT2D eigenvalue weighted by atomic mass is 16.5. The molecule has 1 aromatic heterocycles. The maximum atomic E-state index is 12.6. The predicted molar refractivity (Wildman–Crippen MR) is 112 cm³/mol. The molecule has 2 heterocycles. The first-order valence-electron chi connectivity index (χ1n) is 11.1. The number of carbonyl (C=O) groups excluding carboxylic acids is 2. The van der Waals surface area contributed by atoms with Crippen molar-refractivity contribution in [3.05, 3.63) is 47.1 Å². The number of piperidine rings is 1. The second kappa shape index (κ2) is 9.41. The smallest absolute Gasteiger partial charge is 0.253 e. The van der Waals surface area contributed by atoms with Gasteiger partial charge in [0, 0.05) is 43.5 Å². The molecule has 1 aromatic carbocycles. The fourth-order valence-corrected chi connectivity index (χ4v) is 4.37. The molecular formula is C23H30N4O3. The molecule has 0 atom stereocenters. The Balaban J connectivity index is 1.19. The van der Waals surface area contributed by atoms with Crippen molar-refractivity contribution in [1.29, 1.82) is 0 Å². The Labute approximate surface area is 177 Å². The zero-order valence-corrected chi connectivity index (χ0v) is 17.6. The summed E-state index contributed by atoms with van der Waals surface area (Å²) < 4.78 is 5.39. The molecule has 4 rings (SSSR count). The number of rotatable bonds is 6. The summed E-state index contributed by atoms with van der Waals surface area (Å²) in [5, 5.41) is 7.05. The van der Waals surface area contributed by atoms with Crippen LogP contribution in [0.25, 0.3) is 0 Å². The van der Waals surface area contributed by atoms with Gasteiger partial charge in [0.05, 0.1) is 0 Å². The number of aromatic nitrogens is 2. The zero-order valence-electron chi connectivity index (χ0n) is 17.6. The van der Waals surface area contributed by atoms with Crippen LogP contribution in [0.4, 0.5) is 0 Å². The van der Waals surface area contributed by atoms with Crippen molar-refractivity contribution in [3.8, 4) is 0 Å². The minimum Gasteiger partial charge on any atom is -0.355 e. The van der Waals surface area contributed by atoms with Gasteiger partial charge in [0.2, 0.25) is 11.8 Å². The monoisotopic (exact) mass is 410 g/mol. The second-order valence-corrected chi connectivity index (χ2v) is 8.50. The number of hydrogen-bond donors (Lipinski definition) is 1. The normalized spacial score (nSPS) is 18.0. The van der Waals surface area contributed by atoms with E-state index in [0.29, 0.717) is 56.2 Å². The summed E-state index contributed by atoms with van der Waals surface area (Å²) in [5.74, 6) is 1.87. The van der Waals surface area contributed by atoms with Crippen molar-refractivity contribution in [1.82, 2.24) is 20.4 Å². The third-order valence-electron chi connectivity index (χ3n) is 6.29. The molecule has 2 aliphatic rings. The first-order chi connectivity index (χ1) is 14.6. The van der Waals surface area contributed by atoms with Crippen LogP contribution < -0.4 is 5.32 Å². The third kappa shape index (κ3) is 4.89. The van der Waals surface area contributed by atoms with E-state index in [1.54, 1.807) is 0 Å². The molecule has 0 unspecified atom stereocenters. The number of nitrogens with one attached hydrogen (secondary N) is 1. The summed E-state index contributed by atoms with van der Waals surface area (Å²) in [6, 6.07) is 7.64. The highest BCUT2D eigenvalue weighted by molar-refractivity contribution is 5.94. The Morgan fingerprint density at radius 2 is 1.80 bits per heavy atom. The third-order valence-corrected chi connectivity index (χ3v) is 6.29. The van der Waals surface area contributed by atoms with Gasteiger partial charge in [0.1, 0.15) is 0 Å². The lowest BCUT2D eigenvalue weighted by atomic mass is 9.95. The Hall–Kier alpha value is -2.70. The van der Waals surface area contributed by atoms with Gasteiger partial charge < -0.3 is 14.7 Å². The van der Waals surface area contributed by atoms with E-state index in [4.69, 9.17) is 4.52 Å². The van der Waals surface area contributed by atoms with Crippen molar-refractivity contribution in [2.75, 3.05) is 19.6 Å². The second-order valence-electron chi connectivity index (χ2n) is 8.50. The van der Waals surface area contributed by atoms with Crippen molar-refractivity contribution in [2.45, 2.75) is 57.8 Å². The van der Waals surface area contributed by atoms with Gasteiger partial charge in [-0.3, -0.25) is 9.59 Å². The van der Waals surface area contributed by atoms with E-state index in [9.17, 15) is 9.59 Å². The summed E-state index contributed by atoms with van der Waals surface area (Å²) in [6.45, 7) is 3.73. The van der Waals surface area contributed by atoms with E-state index in [2.05, 4.69) is 15.5 Å². The van der Waals surface area contributed by atoms with E-state index in [-0.39, 0.29) is 17.7 Å². The van der Waals surface area contributed by atoms with Crippen LogP contribution in [0.15, 0.2) is 28.8 Å². The number of carbonyl (C=O) groups is 2. The van der Waals surface area contributed by atoms with Crippen molar-refractivity contribution in [2.24, 2.45) is 5.92 Å². The Bertz CT molecular complexity index is 863. The summed E-state index contributed by atoms with van der Waals surface area (Å²) in [6.07, 6.45) is 6.68. The molecule has 7 nitrogen and oxygen atoms in total. The Morgan fingerprint density at radius 1 is 1.10 bits per heavy atom. The molecule has 0 bridgehead atoms. The van der Waals surface area contributed by atoms with Crippen LogP contribution in [0.3, 0.4) is 0 Å². The molecule has 1 aliphatic carbocycles. The average Bonchev–Trinajstić information content (AvgIpc) is 3.46. The van der Waals surface area contributed by atoms with Crippen LogP contribution in [0.5, 0.6) is 0 Å². The molecule has 1 saturated heterocycles. The molecule has 7 heteroatoms. The van der Waals surface area contributed by atoms with Crippen LogP contribution in [-0.2, 0) is 11.2 Å². The molecule has 1 aliphatic heterocycles. The highest BCUT2D eigenvalue weighted by Gasteiger charge is 2.28. The van der Waals surface area contributed by atoms with Gasteiger partial charge in [-0.25, -0.2) is 0 Å². The minimum absolute atomic E-state index is 0.0454. The Kier molecular flexibility index (Phi) is 6.45. The van der Waals surface area contributed by atoms with Crippen LogP contribution in [0.1, 0.15) is 72.1 Å². The minimum atomic E-state index is -0.0496. The number of likely N-dealkylation sites (tertiary alicyclic amines) is 1. The number of nitrogens with zero attached hydrogens (tertiary/aromatic N) is 3. The zero-order chi connectivity index (χ0) is 20.9. The molecule has 2 aromatic rings. The molecule has 160 valence electrons. The lowest BCUT2D eigenvalue weighted by Gasteiger charge is -2.31. The van der Waals surface area contributed by atoms with Crippen LogP contribution in [-0.4, -0.2) is 46.5 Å². The first kappa shape index (κ1) is 20.6. The number of benzene rings is 1. The van der Waals surface area contributed by atoms with Crippen LogP contribution in [0.2, 0.25) is 0 Å². The molecule has 1 saturated carbocycles. The SMILES string of the molecule is Cc1ccc(C(=O)N2CCC(C(=O)NCCc3noc(C4CCCC4)n3)CC2)cc1. The lowest BCUT2D eigenvalue weighted by Crippen LogP contribution is -2.43. The summed E-state index contributed by atoms with van der Waals surface area (Å²) in [7, 11) is 0. The van der Waals surface area contributed by atoms with Gasteiger partial charge in [0.15, 0.2) is 5.82 Å². The standard InChI is InChI=1S/C23H30N4O3/c1-16-6-8-19(9-7-16)23(29)27-14-11-17(12-15-27)21(28)24-13-10-20-25-22(30-26-20)18-4-2-3-5-18/h6-9,17-18H,2-5,10-15H2,1H3,(H,24,28).